The van der Waals surface area contributed by atoms with Crippen molar-refractivity contribution in [2.24, 2.45) is 0 Å². The lowest BCUT2D eigenvalue weighted by Crippen LogP contribution is -2.50. The van der Waals surface area contributed by atoms with Crippen molar-refractivity contribution in [3.05, 3.63) is 35.9 Å². The molecular weight excluding hydrogens is 274 g/mol. The Labute approximate surface area is 134 Å². The first-order chi connectivity index (χ1) is 10.8. The third-order valence-electron chi connectivity index (χ3n) is 4.35. The van der Waals surface area contributed by atoms with E-state index >= 15 is 0 Å². The van der Waals surface area contributed by atoms with Crippen molar-refractivity contribution in [3.8, 4) is 0 Å². The Morgan fingerprint density at radius 1 is 1.23 bits per heavy atom. The van der Waals surface area contributed by atoms with Crippen LogP contribution < -0.4 is 5.32 Å². The van der Waals surface area contributed by atoms with E-state index in [1.54, 1.807) is 0 Å². The van der Waals surface area contributed by atoms with Crippen molar-refractivity contribution in [2.45, 2.75) is 32.7 Å². The van der Waals surface area contributed by atoms with E-state index < -0.39 is 0 Å². The van der Waals surface area contributed by atoms with Crippen LogP contribution in [0.3, 0.4) is 0 Å². The van der Waals surface area contributed by atoms with Crippen LogP contribution in [0.1, 0.15) is 38.3 Å². The van der Waals surface area contributed by atoms with Crippen molar-refractivity contribution in [3.63, 3.8) is 0 Å². The summed E-state index contributed by atoms with van der Waals surface area (Å²) in [6.07, 6.45) is 2.28. The van der Waals surface area contributed by atoms with Crippen molar-refractivity contribution in [1.82, 2.24) is 15.1 Å². The summed E-state index contributed by atoms with van der Waals surface area (Å²) in [4.78, 5) is 17.5. The molecule has 1 aromatic rings. The third-order valence-corrected chi connectivity index (χ3v) is 4.35. The summed E-state index contributed by atoms with van der Waals surface area (Å²) < 4.78 is 0. The monoisotopic (exact) mass is 303 g/mol. The highest BCUT2D eigenvalue weighted by Crippen LogP contribution is 2.24. The first kappa shape index (κ1) is 17.0. The first-order valence-electron chi connectivity index (χ1n) is 8.56. The topological polar surface area (TPSA) is 35.6 Å². The van der Waals surface area contributed by atoms with E-state index in [0.29, 0.717) is 0 Å². The fraction of sp³-hybridized carbons (Fsp3) is 0.611. The fourth-order valence-electron chi connectivity index (χ4n) is 3.03. The molecule has 0 spiro atoms. The van der Waals surface area contributed by atoms with E-state index in [1.165, 1.54) is 0 Å². The maximum Gasteiger partial charge on any atom is 0.244 e. The van der Waals surface area contributed by atoms with E-state index in [2.05, 4.69) is 36.2 Å². The van der Waals surface area contributed by atoms with Crippen molar-refractivity contribution in [2.75, 3.05) is 39.3 Å². The number of nitrogens with one attached hydrogen (secondary N) is 1. The van der Waals surface area contributed by atoms with Gasteiger partial charge in [0.1, 0.15) is 6.04 Å². The maximum absolute atomic E-state index is 13.1. The van der Waals surface area contributed by atoms with Gasteiger partial charge >= 0.3 is 0 Å². The molecule has 1 saturated heterocycles. The van der Waals surface area contributed by atoms with Crippen LogP contribution in [0.5, 0.6) is 0 Å². The summed E-state index contributed by atoms with van der Waals surface area (Å²) in [6.45, 7) is 9.64. The lowest BCUT2D eigenvalue weighted by Gasteiger charge is -2.36. The van der Waals surface area contributed by atoms with Crippen molar-refractivity contribution >= 4 is 5.91 Å². The molecule has 1 N–H and O–H groups in total. The Morgan fingerprint density at radius 2 is 1.91 bits per heavy atom. The molecule has 1 heterocycles. The Bertz CT molecular complexity index is 443. The van der Waals surface area contributed by atoms with Crippen LogP contribution in [0, 0.1) is 0 Å². The third kappa shape index (κ3) is 4.31. The normalized spacial score (nSPS) is 16.8. The highest BCUT2D eigenvalue weighted by Gasteiger charge is 2.30. The van der Waals surface area contributed by atoms with E-state index in [1.807, 2.05) is 23.1 Å². The fourth-order valence-corrected chi connectivity index (χ4v) is 3.03. The molecule has 0 bridgehead atoms. The SMILES string of the molecule is CCCCN(CC)C(C(=O)N1CCNCC1)c1ccccc1. The number of unbranched alkanes of at least 4 members (excludes halogenated alkanes) is 1. The molecule has 0 radical (unpaired) electrons. The summed E-state index contributed by atoms with van der Waals surface area (Å²) in [5, 5.41) is 3.32. The lowest BCUT2D eigenvalue weighted by atomic mass is 10.0. The molecular formula is C18H29N3O. The largest absolute Gasteiger partial charge is 0.338 e. The second-order valence-corrected chi connectivity index (χ2v) is 5.87. The Balaban J connectivity index is 2.21. The Kier molecular flexibility index (Phi) is 6.87. The minimum atomic E-state index is -0.143. The van der Waals surface area contributed by atoms with Gasteiger partial charge < -0.3 is 10.2 Å². The average Bonchev–Trinajstić information content (AvgIpc) is 2.59. The average molecular weight is 303 g/mol. The van der Waals surface area contributed by atoms with Crippen LogP contribution in [0.15, 0.2) is 30.3 Å². The standard InChI is InChI=1S/C18H29N3O/c1-3-5-13-20(4-2)17(16-9-7-6-8-10-16)18(22)21-14-11-19-12-15-21/h6-10,17,19H,3-5,11-15H2,1-2H3. The smallest absolute Gasteiger partial charge is 0.244 e. The number of carbonyl (C=O) groups excluding carboxylic acids is 1. The lowest BCUT2D eigenvalue weighted by molar-refractivity contribution is -0.138. The second kappa shape index (κ2) is 8.91. The molecule has 1 unspecified atom stereocenters. The molecule has 1 aromatic carbocycles. The summed E-state index contributed by atoms with van der Waals surface area (Å²) in [5.41, 5.74) is 1.11. The highest BCUT2D eigenvalue weighted by atomic mass is 16.2. The van der Waals surface area contributed by atoms with Gasteiger partial charge in [-0.1, -0.05) is 50.6 Å². The van der Waals surface area contributed by atoms with Crippen molar-refractivity contribution < 1.29 is 4.79 Å². The molecule has 22 heavy (non-hydrogen) atoms. The predicted molar refractivity (Wildman–Crippen MR) is 90.8 cm³/mol. The van der Waals surface area contributed by atoms with Gasteiger partial charge in [-0.3, -0.25) is 9.69 Å². The van der Waals surface area contributed by atoms with E-state index in [9.17, 15) is 4.79 Å². The molecule has 1 aliphatic rings. The quantitative estimate of drug-likeness (QED) is 0.839. The molecule has 0 saturated carbocycles. The molecule has 1 atom stereocenters. The summed E-state index contributed by atoms with van der Waals surface area (Å²) in [5.74, 6) is 0.255. The Morgan fingerprint density at radius 3 is 2.50 bits per heavy atom. The first-order valence-corrected chi connectivity index (χ1v) is 8.56. The number of benzene rings is 1. The number of piperazine rings is 1. The van der Waals surface area contributed by atoms with Gasteiger partial charge in [-0.05, 0) is 25.1 Å². The highest BCUT2D eigenvalue weighted by molar-refractivity contribution is 5.83. The number of carbonyl (C=O) groups is 1. The number of nitrogens with zero attached hydrogens (tertiary/aromatic N) is 2. The molecule has 4 nitrogen and oxygen atoms in total. The summed E-state index contributed by atoms with van der Waals surface area (Å²) in [6, 6.07) is 10.1. The van der Waals surface area contributed by atoms with Crippen LogP contribution >= 0.6 is 0 Å². The number of rotatable bonds is 7. The van der Waals surface area contributed by atoms with Gasteiger partial charge in [-0.25, -0.2) is 0 Å². The molecule has 122 valence electrons. The maximum atomic E-state index is 13.1. The van der Waals surface area contributed by atoms with Gasteiger partial charge in [0.2, 0.25) is 5.91 Å². The van der Waals surface area contributed by atoms with Crippen LogP contribution in [-0.4, -0.2) is 55.0 Å². The van der Waals surface area contributed by atoms with Crippen LogP contribution in [0.2, 0.25) is 0 Å². The minimum absolute atomic E-state index is 0.143. The number of likely N-dealkylation sites (N-methyl/N-ethyl adjacent to an activating group) is 1. The van der Waals surface area contributed by atoms with Crippen LogP contribution in [0.4, 0.5) is 0 Å². The molecule has 0 aromatic heterocycles. The minimum Gasteiger partial charge on any atom is -0.338 e. The van der Waals surface area contributed by atoms with E-state index in [-0.39, 0.29) is 11.9 Å². The number of amides is 1. The van der Waals surface area contributed by atoms with Gasteiger partial charge in [0.15, 0.2) is 0 Å². The van der Waals surface area contributed by atoms with Crippen LogP contribution in [-0.2, 0) is 4.79 Å². The second-order valence-electron chi connectivity index (χ2n) is 5.87. The molecule has 0 aliphatic carbocycles. The molecule has 2 rings (SSSR count). The van der Waals surface area contributed by atoms with E-state index in [4.69, 9.17) is 0 Å². The molecule has 1 aliphatic heterocycles. The summed E-state index contributed by atoms with van der Waals surface area (Å²) in [7, 11) is 0. The van der Waals surface area contributed by atoms with E-state index in [0.717, 1.165) is 57.7 Å². The van der Waals surface area contributed by atoms with Crippen LogP contribution in [0.25, 0.3) is 0 Å². The van der Waals surface area contributed by atoms with Gasteiger partial charge in [-0.15, -0.1) is 0 Å². The zero-order valence-electron chi connectivity index (χ0n) is 13.9. The zero-order valence-corrected chi connectivity index (χ0v) is 13.9. The molecule has 1 amide bonds. The molecule has 4 heteroatoms. The summed E-state index contributed by atoms with van der Waals surface area (Å²) >= 11 is 0. The van der Waals surface area contributed by atoms with Gasteiger partial charge in [-0.2, -0.15) is 0 Å². The predicted octanol–water partition coefficient (Wildman–Crippen LogP) is 2.28. The zero-order chi connectivity index (χ0) is 15.8. The number of hydrogen-bond donors (Lipinski definition) is 1. The van der Waals surface area contributed by atoms with Crippen molar-refractivity contribution in [1.29, 1.82) is 0 Å². The van der Waals surface area contributed by atoms with Gasteiger partial charge in [0.05, 0.1) is 0 Å². The van der Waals surface area contributed by atoms with Gasteiger partial charge in [0.25, 0.3) is 0 Å². The molecule has 1 fully saturated rings. The van der Waals surface area contributed by atoms with Gasteiger partial charge in [0, 0.05) is 26.2 Å². The number of hydrogen-bond acceptors (Lipinski definition) is 3. The Hall–Kier alpha value is -1.39.